The molecule has 6 aromatic rings. The van der Waals surface area contributed by atoms with E-state index in [0.29, 0.717) is 0 Å². The van der Waals surface area contributed by atoms with Gasteiger partial charge in [-0.3, -0.25) is 0 Å². The van der Waals surface area contributed by atoms with E-state index in [4.69, 9.17) is 4.74 Å². The summed E-state index contributed by atoms with van der Waals surface area (Å²) in [7, 11) is 0. The van der Waals surface area contributed by atoms with Crippen molar-refractivity contribution in [2.24, 2.45) is 0 Å². The first-order chi connectivity index (χ1) is 16.9. The third-order valence-corrected chi connectivity index (χ3v) is 8.23. The fourth-order valence-corrected chi connectivity index (χ4v) is 6.88. The first kappa shape index (κ1) is 18.4. The number of ether oxygens (including phenoxy) is 1. The molecule has 0 fully saturated rings. The lowest BCUT2D eigenvalue weighted by Crippen LogP contribution is -2.59. The molecule has 4 heteroatoms. The predicted octanol–water partition coefficient (Wildman–Crippen LogP) is 6.46. The van der Waals surface area contributed by atoms with Gasteiger partial charge < -0.3 is 9.64 Å². The Morgan fingerprint density at radius 3 is 2.29 bits per heavy atom. The number of fused-ring (bicyclic) bond motifs is 8. The molecular formula is C30H18BNOS. The molecule has 2 nitrogen and oxygen atoms in total. The van der Waals surface area contributed by atoms with Crippen LogP contribution in [0, 0.1) is 0 Å². The van der Waals surface area contributed by atoms with Crippen molar-refractivity contribution in [3.63, 3.8) is 0 Å². The fourth-order valence-electron chi connectivity index (χ4n) is 5.74. The molecule has 158 valence electrons. The molecule has 0 spiro atoms. The van der Waals surface area contributed by atoms with E-state index in [9.17, 15) is 0 Å². The molecule has 0 saturated heterocycles. The maximum Gasteiger partial charge on any atom is 0.256 e. The summed E-state index contributed by atoms with van der Waals surface area (Å²) < 4.78 is 9.33. The summed E-state index contributed by atoms with van der Waals surface area (Å²) in [5.41, 5.74) is 7.41. The second-order valence-electron chi connectivity index (χ2n) is 8.91. The van der Waals surface area contributed by atoms with Crippen molar-refractivity contribution in [1.29, 1.82) is 0 Å². The van der Waals surface area contributed by atoms with Crippen LogP contribution in [0.1, 0.15) is 0 Å². The molecule has 1 aromatic heterocycles. The Labute approximate surface area is 201 Å². The van der Waals surface area contributed by atoms with Crippen LogP contribution >= 0.6 is 11.3 Å². The second kappa shape index (κ2) is 6.75. The number of rotatable bonds is 1. The Balaban J connectivity index is 1.56. The summed E-state index contributed by atoms with van der Waals surface area (Å²) >= 11 is 1.84. The Bertz CT molecular complexity index is 1760. The minimum atomic E-state index is 0.133. The van der Waals surface area contributed by atoms with Gasteiger partial charge in [-0.15, -0.1) is 11.3 Å². The zero-order valence-corrected chi connectivity index (χ0v) is 19.0. The average Bonchev–Trinajstić information content (AvgIpc) is 3.27. The zero-order chi connectivity index (χ0) is 22.2. The predicted molar refractivity (Wildman–Crippen MR) is 145 cm³/mol. The lowest BCUT2D eigenvalue weighted by Gasteiger charge is -2.40. The summed E-state index contributed by atoms with van der Waals surface area (Å²) in [5, 5.41) is 2.50. The van der Waals surface area contributed by atoms with E-state index >= 15 is 0 Å². The number of benzene rings is 5. The zero-order valence-electron chi connectivity index (χ0n) is 18.2. The van der Waals surface area contributed by atoms with Crippen LogP contribution in [-0.2, 0) is 0 Å². The molecule has 0 aliphatic carbocycles. The first-order valence-corrected chi connectivity index (χ1v) is 12.4. The molecule has 5 aromatic carbocycles. The van der Waals surface area contributed by atoms with Crippen LogP contribution in [0.2, 0.25) is 0 Å². The van der Waals surface area contributed by atoms with Crippen LogP contribution in [0.25, 0.3) is 20.2 Å². The molecule has 0 saturated carbocycles. The summed E-state index contributed by atoms with van der Waals surface area (Å²) in [5.74, 6) is 1.96. The Kier molecular flexibility index (Phi) is 3.66. The monoisotopic (exact) mass is 451 g/mol. The quantitative estimate of drug-likeness (QED) is 0.266. The molecule has 8 rings (SSSR count). The highest BCUT2D eigenvalue weighted by Gasteiger charge is 2.42. The minimum absolute atomic E-state index is 0.133. The van der Waals surface area contributed by atoms with Crippen molar-refractivity contribution >= 4 is 71.7 Å². The van der Waals surface area contributed by atoms with Gasteiger partial charge in [-0.2, -0.15) is 0 Å². The lowest BCUT2D eigenvalue weighted by molar-refractivity contribution is 0.493. The molecule has 0 unspecified atom stereocenters. The van der Waals surface area contributed by atoms with Gasteiger partial charge in [0, 0.05) is 37.2 Å². The Hall–Kier alpha value is -4.02. The summed E-state index contributed by atoms with van der Waals surface area (Å²) in [6.07, 6.45) is 0. The number of thiophene rings is 1. The molecular weight excluding hydrogens is 433 g/mol. The van der Waals surface area contributed by atoms with Crippen LogP contribution in [0.15, 0.2) is 109 Å². The van der Waals surface area contributed by atoms with Crippen molar-refractivity contribution in [2.75, 3.05) is 4.90 Å². The molecule has 2 aliphatic heterocycles. The normalized spacial score (nSPS) is 13.4. The maximum atomic E-state index is 6.78. The fraction of sp³-hybridized carbons (Fsp3) is 0. The summed E-state index contributed by atoms with van der Waals surface area (Å²) in [6, 6.07) is 39.1. The van der Waals surface area contributed by atoms with Crippen LogP contribution in [0.4, 0.5) is 17.1 Å². The van der Waals surface area contributed by atoms with Gasteiger partial charge in [0.05, 0.1) is 0 Å². The van der Waals surface area contributed by atoms with Gasteiger partial charge >= 0.3 is 0 Å². The topological polar surface area (TPSA) is 12.5 Å². The van der Waals surface area contributed by atoms with Crippen molar-refractivity contribution in [2.45, 2.75) is 0 Å². The molecule has 0 N–H and O–H groups in total. The van der Waals surface area contributed by atoms with E-state index in [1.54, 1.807) is 0 Å². The first-order valence-electron chi connectivity index (χ1n) is 11.6. The highest BCUT2D eigenvalue weighted by Crippen LogP contribution is 2.47. The van der Waals surface area contributed by atoms with Crippen LogP contribution in [0.3, 0.4) is 0 Å². The SMILES string of the molecule is c1ccc(N2c3ccccc3B3c4ccccc4Oc4c3c2cc2sc3ccccc3c42)cc1. The largest absolute Gasteiger partial charge is 0.458 e. The highest BCUT2D eigenvalue weighted by molar-refractivity contribution is 7.26. The second-order valence-corrected chi connectivity index (χ2v) is 10.00. The molecule has 0 atom stereocenters. The molecule has 2 aliphatic rings. The van der Waals surface area contributed by atoms with Crippen LogP contribution in [-0.4, -0.2) is 6.71 Å². The van der Waals surface area contributed by atoms with Gasteiger partial charge in [-0.25, -0.2) is 0 Å². The summed E-state index contributed by atoms with van der Waals surface area (Å²) in [4.78, 5) is 2.41. The van der Waals surface area contributed by atoms with Crippen molar-refractivity contribution in [3.05, 3.63) is 109 Å². The van der Waals surface area contributed by atoms with Crippen molar-refractivity contribution in [3.8, 4) is 11.5 Å². The van der Waals surface area contributed by atoms with Crippen LogP contribution < -0.4 is 26.0 Å². The van der Waals surface area contributed by atoms with E-state index < -0.39 is 0 Å². The molecule has 3 heterocycles. The lowest BCUT2D eigenvalue weighted by atomic mass is 9.34. The van der Waals surface area contributed by atoms with E-state index in [0.717, 1.165) is 17.2 Å². The van der Waals surface area contributed by atoms with E-state index in [1.807, 2.05) is 11.3 Å². The molecule has 0 bridgehead atoms. The van der Waals surface area contributed by atoms with Gasteiger partial charge in [0.25, 0.3) is 6.71 Å². The average molecular weight is 451 g/mol. The van der Waals surface area contributed by atoms with Gasteiger partial charge in [0.2, 0.25) is 0 Å². The third-order valence-electron chi connectivity index (χ3n) is 7.11. The van der Waals surface area contributed by atoms with Gasteiger partial charge in [-0.1, -0.05) is 72.8 Å². The standard InChI is InChI=1S/C30H18BNOS/c1-2-10-19(11-3-1)32-23-15-7-5-13-21(23)31-22-14-6-8-16-25(22)33-30-28-20-12-4-9-17-26(20)34-27(28)18-24(32)29(30)31/h1-18H. The minimum Gasteiger partial charge on any atom is -0.458 e. The Morgan fingerprint density at radius 2 is 1.38 bits per heavy atom. The van der Waals surface area contributed by atoms with E-state index in [-0.39, 0.29) is 6.71 Å². The van der Waals surface area contributed by atoms with Crippen molar-refractivity contribution < 1.29 is 4.74 Å². The highest BCUT2D eigenvalue weighted by atomic mass is 32.1. The third kappa shape index (κ3) is 2.36. The summed E-state index contributed by atoms with van der Waals surface area (Å²) in [6.45, 7) is 0.133. The molecule has 0 amide bonds. The maximum absolute atomic E-state index is 6.78. The number of nitrogens with zero attached hydrogens (tertiary/aromatic N) is 1. The van der Waals surface area contributed by atoms with Gasteiger partial charge in [0.1, 0.15) is 11.5 Å². The van der Waals surface area contributed by atoms with Gasteiger partial charge in [-0.05, 0) is 52.8 Å². The smallest absolute Gasteiger partial charge is 0.256 e. The van der Waals surface area contributed by atoms with Crippen molar-refractivity contribution in [1.82, 2.24) is 0 Å². The van der Waals surface area contributed by atoms with Gasteiger partial charge in [0.15, 0.2) is 0 Å². The number of para-hydroxylation sites is 3. The number of hydrogen-bond donors (Lipinski definition) is 0. The number of hydrogen-bond acceptors (Lipinski definition) is 3. The number of anilines is 3. The van der Waals surface area contributed by atoms with E-state index in [2.05, 4.69) is 114 Å². The Morgan fingerprint density at radius 1 is 0.647 bits per heavy atom. The molecule has 34 heavy (non-hydrogen) atoms. The van der Waals surface area contributed by atoms with E-state index in [1.165, 1.54) is 47.9 Å². The molecule has 0 radical (unpaired) electrons. The van der Waals surface area contributed by atoms with Crippen LogP contribution in [0.5, 0.6) is 11.5 Å².